The van der Waals surface area contributed by atoms with Crippen molar-refractivity contribution in [3.05, 3.63) is 59.2 Å². The van der Waals surface area contributed by atoms with Gasteiger partial charge in [-0.2, -0.15) is 0 Å². The Kier molecular flexibility index (Phi) is 6.78. The van der Waals surface area contributed by atoms with Crippen LogP contribution in [0.3, 0.4) is 0 Å². The summed E-state index contributed by atoms with van der Waals surface area (Å²) >= 11 is 0. The van der Waals surface area contributed by atoms with E-state index in [1.807, 2.05) is 27.7 Å². The topological polar surface area (TPSA) is 64.6 Å². The maximum absolute atomic E-state index is 13.0. The number of ether oxygens (including phenoxy) is 2. The first-order valence-electron chi connectivity index (χ1n) is 8.82. The molecule has 0 aliphatic carbocycles. The third-order valence-corrected chi connectivity index (χ3v) is 3.64. The maximum atomic E-state index is 13.0. The molecule has 0 aromatic heterocycles. The van der Waals surface area contributed by atoms with Crippen molar-refractivity contribution in [1.29, 1.82) is 0 Å². The average Bonchev–Trinajstić information content (AvgIpc) is 2.62. The van der Waals surface area contributed by atoms with Gasteiger partial charge < -0.3 is 14.8 Å². The lowest BCUT2D eigenvalue weighted by molar-refractivity contribution is 0.0932. The van der Waals surface area contributed by atoms with E-state index in [2.05, 4.69) is 5.32 Å². The quantitative estimate of drug-likeness (QED) is 0.731. The van der Waals surface area contributed by atoms with Gasteiger partial charge in [-0.1, -0.05) is 18.2 Å². The highest BCUT2D eigenvalue weighted by molar-refractivity contribution is 6.15. The minimum absolute atomic E-state index is 0.0132. The van der Waals surface area contributed by atoms with Crippen molar-refractivity contribution in [3.63, 3.8) is 0 Å². The molecular weight excluding hydrogens is 330 g/mol. The average molecular weight is 355 g/mol. The molecule has 0 aliphatic heterocycles. The molecule has 0 fully saturated rings. The molecule has 2 rings (SSSR count). The highest BCUT2D eigenvalue weighted by Gasteiger charge is 2.20. The van der Waals surface area contributed by atoms with Gasteiger partial charge in [-0.3, -0.25) is 9.59 Å². The number of ketones is 1. The number of carbonyl (C=O) groups is 2. The lowest BCUT2D eigenvalue weighted by atomic mass is 9.97. The van der Waals surface area contributed by atoms with Gasteiger partial charge in [-0.05, 0) is 52.0 Å². The van der Waals surface area contributed by atoms with E-state index in [0.29, 0.717) is 41.4 Å². The predicted octanol–water partition coefficient (Wildman–Crippen LogP) is 3.85. The van der Waals surface area contributed by atoms with E-state index >= 15 is 0 Å². The number of rotatable bonds is 8. The molecule has 0 spiro atoms. The minimum atomic E-state index is -0.264. The van der Waals surface area contributed by atoms with E-state index < -0.39 is 0 Å². The summed E-state index contributed by atoms with van der Waals surface area (Å²) in [6.07, 6.45) is 0. The van der Waals surface area contributed by atoms with Gasteiger partial charge in [0.15, 0.2) is 17.3 Å². The second-order valence-electron chi connectivity index (χ2n) is 6.03. The Labute approximate surface area is 154 Å². The van der Waals surface area contributed by atoms with Crippen LogP contribution < -0.4 is 14.8 Å². The molecule has 0 radical (unpaired) electrons. The number of benzene rings is 2. The molecule has 0 aliphatic rings. The Morgan fingerprint density at radius 1 is 0.923 bits per heavy atom. The van der Waals surface area contributed by atoms with Crippen molar-refractivity contribution >= 4 is 11.7 Å². The zero-order valence-corrected chi connectivity index (χ0v) is 15.7. The molecule has 0 unspecified atom stereocenters. The van der Waals surface area contributed by atoms with Crippen molar-refractivity contribution in [2.45, 2.75) is 33.7 Å². The molecule has 0 heterocycles. The van der Waals surface area contributed by atoms with E-state index in [1.54, 1.807) is 42.5 Å². The third-order valence-electron chi connectivity index (χ3n) is 3.64. The van der Waals surface area contributed by atoms with Gasteiger partial charge in [0.1, 0.15) is 0 Å². The molecule has 0 saturated heterocycles. The van der Waals surface area contributed by atoms with Crippen LogP contribution >= 0.6 is 0 Å². The summed E-state index contributed by atoms with van der Waals surface area (Å²) < 4.78 is 11.1. The summed E-state index contributed by atoms with van der Waals surface area (Å²) in [6, 6.07) is 11.9. The van der Waals surface area contributed by atoms with Crippen molar-refractivity contribution < 1.29 is 19.1 Å². The van der Waals surface area contributed by atoms with E-state index in [-0.39, 0.29) is 17.7 Å². The van der Waals surface area contributed by atoms with Crippen LogP contribution in [0.15, 0.2) is 42.5 Å². The molecule has 1 amide bonds. The number of hydrogen-bond acceptors (Lipinski definition) is 4. The van der Waals surface area contributed by atoms with Crippen LogP contribution in [0.4, 0.5) is 0 Å². The fourth-order valence-corrected chi connectivity index (χ4v) is 2.57. The van der Waals surface area contributed by atoms with Crippen LogP contribution in [0.5, 0.6) is 11.5 Å². The van der Waals surface area contributed by atoms with E-state index in [0.717, 1.165) is 0 Å². The highest BCUT2D eigenvalue weighted by atomic mass is 16.5. The summed E-state index contributed by atoms with van der Waals surface area (Å²) in [4.78, 5) is 25.4. The van der Waals surface area contributed by atoms with Gasteiger partial charge >= 0.3 is 0 Å². The first kappa shape index (κ1) is 19.5. The first-order valence-corrected chi connectivity index (χ1v) is 8.82. The van der Waals surface area contributed by atoms with E-state index in [1.165, 1.54) is 0 Å². The highest BCUT2D eigenvalue weighted by Crippen LogP contribution is 2.29. The minimum Gasteiger partial charge on any atom is -0.490 e. The van der Waals surface area contributed by atoms with Crippen LogP contribution in [0.1, 0.15) is 54.0 Å². The van der Waals surface area contributed by atoms with Gasteiger partial charge in [-0.25, -0.2) is 0 Å². The summed E-state index contributed by atoms with van der Waals surface area (Å²) in [5.41, 5.74) is 1.16. The molecule has 0 bridgehead atoms. The Morgan fingerprint density at radius 3 is 2.15 bits per heavy atom. The number of amides is 1. The van der Waals surface area contributed by atoms with Gasteiger partial charge in [0.05, 0.1) is 18.8 Å². The molecule has 1 N–H and O–H groups in total. The Bertz CT molecular complexity index is 783. The SMILES string of the molecule is CCOc1ccc(C(=O)c2ccccc2C(=O)NC(C)C)cc1OCC. The molecule has 2 aromatic rings. The van der Waals surface area contributed by atoms with Gasteiger partial charge in [0.2, 0.25) is 0 Å². The molecule has 0 saturated carbocycles. The van der Waals surface area contributed by atoms with Crippen LogP contribution in [-0.4, -0.2) is 30.9 Å². The Hall–Kier alpha value is -2.82. The number of carbonyl (C=O) groups excluding carboxylic acids is 2. The van der Waals surface area contributed by atoms with Gasteiger partial charge in [0.25, 0.3) is 5.91 Å². The predicted molar refractivity (Wildman–Crippen MR) is 101 cm³/mol. The first-order chi connectivity index (χ1) is 12.5. The fourth-order valence-electron chi connectivity index (χ4n) is 2.57. The van der Waals surface area contributed by atoms with Crippen molar-refractivity contribution in [1.82, 2.24) is 5.32 Å². The summed E-state index contributed by atoms with van der Waals surface area (Å²) in [6.45, 7) is 8.48. The van der Waals surface area contributed by atoms with Crippen LogP contribution in [-0.2, 0) is 0 Å². The van der Waals surface area contributed by atoms with Crippen molar-refractivity contribution in [2.24, 2.45) is 0 Å². The van der Waals surface area contributed by atoms with E-state index in [4.69, 9.17) is 9.47 Å². The lowest BCUT2D eigenvalue weighted by Crippen LogP contribution is -2.31. The zero-order chi connectivity index (χ0) is 19.1. The fraction of sp³-hybridized carbons (Fsp3) is 0.333. The summed E-state index contributed by atoms with van der Waals surface area (Å²) in [5.74, 6) is 0.615. The normalized spacial score (nSPS) is 10.5. The maximum Gasteiger partial charge on any atom is 0.252 e. The second-order valence-corrected chi connectivity index (χ2v) is 6.03. The lowest BCUT2D eigenvalue weighted by Gasteiger charge is -2.14. The molecular formula is C21H25NO4. The van der Waals surface area contributed by atoms with Crippen LogP contribution in [0.25, 0.3) is 0 Å². The van der Waals surface area contributed by atoms with Crippen molar-refractivity contribution in [2.75, 3.05) is 13.2 Å². The standard InChI is InChI=1S/C21H25NO4/c1-5-25-18-12-11-15(13-19(18)26-6-2)20(23)16-9-7-8-10-17(16)21(24)22-14(3)4/h7-14H,5-6H2,1-4H3,(H,22,24). The molecule has 26 heavy (non-hydrogen) atoms. The monoisotopic (exact) mass is 355 g/mol. The zero-order valence-electron chi connectivity index (χ0n) is 15.7. The Morgan fingerprint density at radius 2 is 1.54 bits per heavy atom. The van der Waals surface area contributed by atoms with Gasteiger partial charge in [0, 0.05) is 17.2 Å². The number of nitrogens with one attached hydrogen (secondary N) is 1. The summed E-state index contributed by atoms with van der Waals surface area (Å²) in [5, 5.41) is 2.83. The number of hydrogen-bond donors (Lipinski definition) is 1. The smallest absolute Gasteiger partial charge is 0.252 e. The Balaban J connectivity index is 2.40. The summed E-state index contributed by atoms with van der Waals surface area (Å²) in [7, 11) is 0. The van der Waals surface area contributed by atoms with Crippen molar-refractivity contribution in [3.8, 4) is 11.5 Å². The molecule has 138 valence electrons. The second kappa shape index (κ2) is 9.04. The molecule has 0 atom stereocenters. The molecule has 5 heteroatoms. The van der Waals surface area contributed by atoms with Gasteiger partial charge in [-0.15, -0.1) is 0 Å². The van der Waals surface area contributed by atoms with E-state index in [9.17, 15) is 9.59 Å². The largest absolute Gasteiger partial charge is 0.490 e. The molecule has 2 aromatic carbocycles. The van der Waals surface area contributed by atoms with Crippen LogP contribution in [0.2, 0.25) is 0 Å². The molecule has 5 nitrogen and oxygen atoms in total. The van der Waals surface area contributed by atoms with Crippen LogP contribution in [0, 0.1) is 0 Å². The third kappa shape index (κ3) is 4.63.